The van der Waals surface area contributed by atoms with E-state index in [1.54, 1.807) is 67.6 Å². The van der Waals surface area contributed by atoms with Crippen molar-refractivity contribution >= 4 is 38.9 Å². The summed E-state index contributed by atoms with van der Waals surface area (Å²) in [6, 6.07) is 18.8. The molecule has 0 saturated carbocycles. The second-order valence-electron chi connectivity index (χ2n) is 5.93. The van der Waals surface area contributed by atoms with Gasteiger partial charge in [-0.25, -0.2) is 8.42 Å². The smallest absolute Gasteiger partial charge is 0.262 e. The average molecular weight is 422 g/mol. The van der Waals surface area contributed by atoms with E-state index in [1.165, 1.54) is 0 Å². The van der Waals surface area contributed by atoms with Crippen LogP contribution in [0, 0.1) is 6.92 Å². The van der Waals surface area contributed by atoms with Crippen molar-refractivity contribution in [3.05, 3.63) is 87.9 Å². The third-order valence-electron chi connectivity index (χ3n) is 3.85. The summed E-state index contributed by atoms with van der Waals surface area (Å²) in [5.74, 6) is 0.506. The molecule has 0 saturated heterocycles. The molecule has 0 aromatic heterocycles. The fraction of sp³-hybridized carbons (Fsp3) is 0.100. The highest BCUT2D eigenvalue weighted by Gasteiger charge is 2.16. The van der Waals surface area contributed by atoms with Crippen molar-refractivity contribution in [1.29, 1.82) is 0 Å². The monoisotopic (exact) mass is 421 g/mol. The number of halogens is 2. The highest BCUT2D eigenvalue weighted by atomic mass is 35.5. The third kappa shape index (κ3) is 4.95. The van der Waals surface area contributed by atoms with Crippen LogP contribution in [0.25, 0.3) is 0 Å². The highest BCUT2D eigenvalue weighted by Crippen LogP contribution is 2.28. The van der Waals surface area contributed by atoms with Gasteiger partial charge in [-0.05, 0) is 54.4 Å². The van der Waals surface area contributed by atoms with Crippen molar-refractivity contribution in [2.75, 3.05) is 4.72 Å². The van der Waals surface area contributed by atoms with Crippen LogP contribution in [-0.2, 0) is 16.6 Å². The molecule has 3 rings (SSSR count). The number of aryl methyl sites for hydroxylation is 1. The zero-order valence-electron chi connectivity index (χ0n) is 14.4. The van der Waals surface area contributed by atoms with Crippen molar-refractivity contribution in [1.82, 2.24) is 0 Å². The van der Waals surface area contributed by atoms with Gasteiger partial charge in [0.2, 0.25) is 0 Å². The summed E-state index contributed by atoms with van der Waals surface area (Å²) >= 11 is 12.0. The molecule has 27 heavy (non-hydrogen) atoms. The first-order chi connectivity index (χ1) is 12.8. The van der Waals surface area contributed by atoms with Crippen molar-refractivity contribution in [3.63, 3.8) is 0 Å². The Hall–Kier alpha value is -2.21. The summed E-state index contributed by atoms with van der Waals surface area (Å²) < 4.78 is 33.5. The van der Waals surface area contributed by atoms with Gasteiger partial charge >= 0.3 is 0 Å². The van der Waals surface area contributed by atoms with Crippen molar-refractivity contribution in [3.8, 4) is 5.75 Å². The van der Waals surface area contributed by atoms with Crippen LogP contribution in [0.15, 0.2) is 71.6 Å². The number of sulfonamides is 1. The van der Waals surface area contributed by atoms with Crippen LogP contribution in [0.5, 0.6) is 5.75 Å². The molecule has 0 aliphatic heterocycles. The summed E-state index contributed by atoms with van der Waals surface area (Å²) in [5, 5.41) is 0.943. The maximum absolute atomic E-state index is 12.6. The number of benzene rings is 3. The Kier molecular flexibility index (Phi) is 5.95. The first kappa shape index (κ1) is 19.5. The Bertz CT molecular complexity index is 1070. The fourth-order valence-corrected chi connectivity index (χ4v) is 4.31. The van der Waals surface area contributed by atoms with E-state index in [9.17, 15) is 8.42 Å². The minimum atomic E-state index is -3.67. The molecule has 1 N–H and O–H groups in total. The summed E-state index contributed by atoms with van der Waals surface area (Å²) in [6.07, 6.45) is 0. The van der Waals surface area contributed by atoms with Crippen LogP contribution in [0.3, 0.4) is 0 Å². The molecule has 0 aliphatic carbocycles. The van der Waals surface area contributed by atoms with Gasteiger partial charge in [0.25, 0.3) is 10.0 Å². The molecule has 0 amide bonds. The van der Waals surface area contributed by atoms with Crippen molar-refractivity contribution < 1.29 is 13.2 Å². The van der Waals surface area contributed by atoms with Crippen molar-refractivity contribution in [2.45, 2.75) is 18.4 Å². The molecule has 0 atom stereocenters. The Morgan fingerprint density at radius 1 is 0.963 bits per heavy atom. The molecular formula is C20H17Cl2NO3S. The largest absolute Gasteiger partial charge is 0.487 e. The number of rotatable bonds is 6. The van der Waals surface area contributed by atoms with E-state index >= 15 is 0 Å². The molecule has 140 valence electrons. The molecule has 3 aromatic carbocycles. The third-order valence-corrected chi connectivity index (χ3v) is 5.92. The van der Waals surface area contributed by atoms with E-state index in [0.29, 0.717) is 27.0 Å². The van der Waals surface area contributed by atoms with Crippen LogP contribution in [0.2, 0.25) is 10.0 Å². The molecule has 3 aromatic rings. The van der Waals surface area contributed by atoms with Gasteiger partial charge in [-0.1, -0.05) is 53.5 Å². The predicted octanol–water partition coefficient (Wildman–Crippen LogP) is 5.68. The summed E-state index contributed by atoms with van der Waals surface area (Å²) in [6.45, 7) is 2.00. The van der Waals surface area contributed by atoms with E-state index < -0.39 is 10.0 Å². The van der Waals surface area contributed by atoms with Gasteiger partial charge in [0.05, 0.1) is 9.92 Å². The van der Waals surface area contributed by atoms with Crippen LogP contribution < -0.4 is 9.46 Å². The SMILES string of the molecule is Cc1ccccc1S(=O)(=O)Nc1cccc(COc2ccc(Cl)cc2Cl)c1. The van der Waals surface area contributed by atoms with Gasteiger partial charge in [-0.3, -0.25) is 4.72 Å². The quantitative estimate of drug-likeness (QED) is 0.556. The maximum atomic E-state index is 12.6. The second-order valence-corrected chi connectivity index (χ2v) is 8.43. The lowest BCUT2D eigenvalue weighted by Crippen LogP contribution is -2.14. The average Bonchev–Trinajstić information content (AvgIpc) is 2.61. The van der Waals surface area contributed by atoms with Crippen LogP contribution >= 0.6 is 23.2 Å². The predicted molar refractivity (Wildman–Crippen MR) is 109 cm³/mol. The van der Waals surface area contributed by atoms with Crippen LogP contribution in [-0.4, -0.2) is 8.42 Å². The van der Waals surface area contributed by atoms with E-state index in [2.05, 4.69) is 4.72 Å². The minimum Gasteiger partial charge on any atom is -0.487 e. The van der Waals surface area contributed by atoms with Crippen molar-refractivity contribution in [2.24, 2.45) is 0 Å². The summed E-state index contributed by atoms with van der Waals surface area (Å²) in [4.78, 5) is 0.250. The Labute approximate surface area is 168 Å². The molecule has 0 aliphatic rings. The lowest BCUT2D eigenvalue weighted by atomic mass is 10.2. The Morgan fingerprint density at radius 3 is 2.48 bits per heavy atom. The molecule has 0 radical (unpaired) electrons. The van der Waals surface area contributed by atoms with Gasteiger partial charge in [0, 0.05) is 10.7 Å². The van der Waals surface area contributed by atoms with Crippen LogP contribution in [0.1, 0.15) is 11.1 Å². The van der Waals surface area contributed by atoms with Gasteiger partial charge in [0.15, 0.2) is 0 Å². The number of hydrogen-bond acceptors (Lipinski definition) is 3. The van der Waals surface area contributed by atoms with E-state index in [1.807, 2.05) is 6.07 Å². The van der Waals surface area contributed by atoms with E-state index in [-0.39, 0.29) is 11.5 Å². The molecule has 7 heteroatoms. The van der Waals surface area contributed by atoms with Crippen LogP contribution in [0.4, 0.5) is 5.69 Å². The first-order valence-electron chi connectivity index (χ1n) is 8.10. The molecule has 0 unspecified atom stereocenters. The maximum Gasteiger partial charge on any atom is 0.262 e. The normalized spacial score (nSPS) is 11.2. The van der Waals surface area contributed by atoms with E-state index in [4.69, 9.17) is 27.9 Å². The molecule has 0 fully saturated rings. The highest BCUT2D eigenvalue weighted by molar-refractivity contribution is 7.92. The topological polar surface area (TPSA) is 55.4 Å². The lowest BCUT2D eigenvalue weighted by molar-refractivity contribution is 0.306. The molecule has 0 heterocycles. The summed E-state index contributed by atoms with van der Waals surface area (Å²) in [5.41, 5.74) is 1.94. The summed E-state index contributed by atoms with van der Waals surface area (Å²) in [7, 11) is -3.67. The van der Waals surface area contributed by atoms with E-state index in [0.717, 1.165) is 5.56 Å². The zero-order valence-corrected chi connectivity index (χ0v) is 16.8. The lowest BCUT2D eigenvalue weighted by Gasteiger charge is -2.12. The molecule has 0 bridgehead atoms. The zero-order chi connectivity index (χ0) is 19.4. The Morgan fingerprint density at radius 2 is 1.74 bits per heavy atom. The van der Waals surface area contributed by atoms with Gasteiger partial charge in [0.1, 0.15) is 12.4 Å². The number of hydrogen-bond donors (Lipinski definition) is 1. The number of nitrogens with one attached hydrogen (secondary N) is 1. The van der Waals surface area contributed by atoms with Gasteiger partial charge < -0.3 is 4.74 Å². The number of anilines is 1. The van der Waals surface area contributed by atoms with Gasteiger partial charge in [-0.15, -0.1) is 0 Å². The minimum absolute atomic E-state index is 0.237. The fourth-order valence-electron chi connectivity index (χ4n) is 2.55. The first-order valence-corrected chi connectivity index (χ1v) is 10.3. The Balaban J connectivity index is 1.75. The molecule has 4 nitrogen and oxygen atoms in total. The molecule has 0 spiro atoms. The standard InChI is InChI=1S/C20H17Cl2NO3S/c1-14-5-2-3-8-20(14)27(24,25)23-17-7-4-6-15(11-17)13-26-19-10-9-16(21)12-18(19)22/h2-12,23H,13H2,1H3. The second kappa shape index (κ2) is 8.21. The molecular weight excluding hydrogens is 405 g/mol. The van der Waals surface area contributed by atoms with Gasteiger partial charge in [-0.2, -0.15) is 0 Å². The number of ether oxygens (including phenoxy) is 1.